The van der Waals surface area contributed by atoms with E-state index in [1.54, 1.807) is 24.3 Å². The molecule has 1 heterocycles. The second kappa shape index (κ2) is 11.1. The standard InChI is InChI=1S/C27H29N3O2S/c1-2-32-24-15-13-23(14-16-24)26(31)28-27(33)30-19-17-29(18-20-30)25(21-9-5-3-6-10-21)22-11-7-4-8-12-22/h3-16,25H,2,17-20H2,1H3,(H,28,31,33). The van der Waals surface area contributed by atoms with Crippen LogP contribution in [0, 0.1) is 0 Å². The molecule has 0 aliphatic carbocycles. The van der Waals surface area contributed by atoms with Crippen LogP contribution >= 0.6 is 12.2 Å². The molecule has 1 aliphatic rings. The SMILES string of the molecule is CCOc1ccc(C(=O)NC(=S)N2CCN(C(c3ccccc3)c3ccccc3)CC2)cc1. The molecule has 0 unspecified atom stereocenters. The van der Waals surface area contributed by atoms with Crippen LogP contribution in [0.2, 0.25) is 0 Å². The summed E-state index contributed by atoms with van der Waals surface area (Å²) in [5.74, 6) is 0.552. The van der Waals surface area contributed by atoms with Gasteiger partial charge in [0.1, 0.15) is 5.75 Å². The van der Waals surface area contributed by atoms with Crippen molar-refractivity contribution in [1.82, 2.24) is 15.1 Å². The van der Waals surface area contributed by atoms with E-state index >= 15 is 0 Å². The van der Waals surface area contributed by atoms with Gasteiger partial charge in [-0.1, -0.05) is 60.7 Å². The lowest BCUT2D eigenvalue weighted by Gasteiger charge is -2.40. The van der Waals surface area contributed by atoms with Crippen LogP contribution in [-0.2, 0) is 0 Å². The van der Waals surface area contributed by atoms with Crippen LogP contribution in [0.5, 0.6) is 5.75 Å². The molecule has 1 N–H and O–H groups in total. The lowest BCUT2D eigenvalue weighted by Crippen LogP contribution is -2.53. The largest absolute Gasteiger partial charge is 0.494 e. The minimum Gasteiger partial charge on any atom is -0.494 e. The summed E-state index contributed by atoms with van der Waals surface area (Å²) < 4.78 is 5.44. The summed E-state index contributed by atoms with van der Waals surface area (Å²) in [7, 11) is 0. The molecule has 0 bridgehead atoms. The third-order valence-electron chi connectivity index (χ3n) is 5.85. The Morgan fingerprint density at radius 3 is 1.94 bits per heavy atom. The molecule has 0 radical (unpaired) electrons. The van der Waals surface area contributed by atoms with E-state index in [9.17, 15) is 4.79 Å². The number of hydrogen-bond donors (Lipinski definition) is 1. The number of nitrogens with zero attached hydrogens (tertiary/aromatic N) is 2. The van der Waals surface area contributed by atoms with Crippen molar-refractivity contribution >= 4 is 23.2 Å². The zero-order chi connectivity index (χ0) is 23.0. The Labute approximate surface area is 201 Å². The second-order valence-corrected chi connectivity index (χ2v) is 8.35. The molecule has 6 heteroatoms. The lowest BCUT2D eigenvalue weighted by molar-refractivity contribution is 0.0967. The number of carbonyl (C=O) groups is 1. The van der Waals surface area contributed by atoms with Gasteiger partial charge in [-0.15, -0.1) is 0 Å². The molecule has 5 nitrogen and oxygen atoms in total. The van der Waals surface area contributed by atoms with Crippen molar-refractivity contribution in [2.24, 2.45) is 0 Å². The molecule has 1 amide bonds. The normalized spacial score (nSPS) is 14.2. The number of thiocarbonyl (C=S) groups is 1. The van der Waals surface area contributed by atoms with E-state index in [1.807, 2.05) is 6.92 Å². The van der Waals surface area contributed by atoms with Crippen LogP contribution in [0.3, 0.4) is 0 Å². The van der Waals surface area contributed by atoms with E-state index in [4.69, 9.17) is 17.0 Å². The van der Waals surface area contributed by atoms with Crippen LogP contribution in [0.25, 0.3) is 0 Å². The van der Waals surface area contributed by atoms with Gasteiger partial charge in [0.2, 0.25) is 0 Å². The Hall–Kier alpha value is -3.22. The van der Waals surface area contributed by atoms with Crippen molar-refractivity contribution in [3.63, 3.8) is 0 Å². The monoisotopic (exact) mass is 459 g/mol. The van der Waals surface area contributed by atoms with Gasteiger partial charge in [-0.25, -0.2) is 0 Å². The summed E-state index contributed by atoms with van der Waals surface area (Å²) in [5.41, 5.74) is 3.12. The molecule has 0 atom stereocenters. The van der Waals surface area contributed by atoms with Crippen molar-refractivity contribution in [1.29, 1.82) is 0 Å². The fourth-order valence-corrected chi connectivity index (χ4v) is 4.46. The number of rotatable bonds is 6. The number of benzene rings is 3. The maximum Gasteiger partial charge on any atom is 0.257 e. The van der Waals surface area contributed by atoms with E-state index in [2.05, 4.69) is 75.8 Å². The summed E-state index contributed by atoms with van der Waals surface area (Å²) in [6, 6.07) is 28.5. The molecule has 0 saturated carbocycles. The number of ether oxygens (including phenoxy) is 1. The molecule has 0 aromatic heterocycles. The van der Waals surface area contributed by atoms with Gasteiger partial charge in [-0.3, -0.25) is 15.0 Å². The topological polar surface area (TPSA) is 44.8 Å². The molecule has 1 aliphatic heterocycles. The highest BCUT2D eigenvalue weighted by molar-refractivity contribution is 7.80. The van der Waals surface area contributed by atoms with Gasteiger partial charge >= 0.3 is 0 Å². The maximum absolute atomic E-state index is 12.6. The lowest BCUT2D eigenvalue weighted by atomic mass is 9.96. The molecule has 1 fully saturated rings. The highest BCUT2D eigenvalue weighted by Gasteiger charge is 2.27. The number of piperazine rings is 1. The van der Waals surface area contributed by atoms with Gasteiger partial charge in [0.25, 0.3) is 5.91 Å². The van der Waals surface area contributed by atoms with Crippen molar-refractivity contribution in [2.45, 2.75) is 13.0 Å². The molecule has 170 valence electrons. The molecule has 3 aromatic rings. The van der Waals surface area contributed by atoms with Gasteiger partial charge in [0, 0.05) is 31.7 Å². The van der Waals surface area contributed by atoms with Gasteiger partial charge in [-0.2, -0.15) is 0 Å². The summed E-state index contributed by atoms with van der Waals surface area (Å²) in [5, 5.41) is 3.36. The van der Waals surface area contributed by atoms with E-state index in [1.165, 1.54) is 11.1 Å². The van der Waals surface area contributed by atoms with Gasteiger partial charge in [0.15, 0.2) is 5.11 Å². The van der Waals surface area contributed by atoms with Crippen LogP contribution in [0.4, 0.5) is 0 Å². The third kappa shape index (κ3) is 5.78. The molecule has 33 heavy (non-hydrogen) atoms. The highest BCUT2D eigenvalue weighted by Crippen LogP contribution is 2.29. The third-order valence-corrected chi connectivity index (χ3v) is 6.21. The van der Waals surface area contributed by atoms with Gasteiger partial charge < -0.3 is 9.64 Å². The predicted octanol–water partition coefficient (Wildman–Crippen LogP) is 4.51. The predicted molar refractivity (Wildman–Crippen MR) is 136 cm³/mol. The van der Waals surface area contributed by atoms with E-state index in [-0.39, 0.29) is 11.9 Å². The summed E-state index contributed by atoms with van der Waals surface area (Å²) >= 11 is 5.56. The van der Waals surface area contributed by atoms with Gasteiger partial charge in [-0.05, 0) is 54.5 Å². The molecule has 3 aromatic carbocycles. The van der Waals surface area contributed by atoms with Gasteiger partial charge in [0.05, 0.1) is 12.6 Å². The summed E-state index contributed by atoms with van der Waals surface area (Å²) in [6.45, 7) is 5.76. The van der Waals surface area contributed by atoms with Crippen LogP contribution in [0.15, 0.2) is 84.9 Å². The zero-order valence-corrected chi connectivity index (χ0v) is 19.6. The number of carbonyl (C=O) groups excluding carboxylic acids is 1. The average molecular weight is 460 g/mol. The molecular weight excluding hydrogens is 430 g/mol. The fourth-order valence-electron chi connectivity index (χ4n) is 4.19. The molecule has 4 rings (SSSR count). The average Bonchev–Trinajstić information content (AvgIpc) is 2.86. The molecule has 1 saturated heterocycles. The Bertz CT molecular complexity index is 1010. The number of nitrogens with one attached hydrogen (secondary N) is 1. The Balaban J connectivity index is 1.38. The molecule has 0 spiro atoms. The van der Waals surface area contributed by atoms with Crippen LogP contribution < -0.4 is 10.1 Å². The van der Waals surface area contributed by atoms with E-state index in [0.29, 0.717) is 17.3 Å². The van der Waals surface area contributed by atoms with Crippen molar-refractivity contribution in [3.8, 4) is 5.75 Å². The minimum absolute atomic E-state index is 0.196. The van der Waals surface area contributed by atoms with Crippen LogP contribution in [-0.4, -0.2) is 53.6 Å². The smallest absolute Gasteiger partial charge is 0.257 e. The zero-order valence-electron chi connectivity index (χ0n) is 18.8. The maximum atomic E-state index is 12.6. The summed E-state index contributed by atoms with van der Waals surface area (Å²) in [6.07, 6.45) is 0. The van der Waals surface area contributed by atoms with Crippen molar-refractivity contribution < 1.29 is 9.53 Å². The Kier molecular flexibility index (Phi) is 7.70. The highest BCUT2D eigenvalue weighted by atomic mass is 32.1. The van der Waals surface area contributed by atoms with E-state index < -0.39 is 0 Å². The first-order valence-corrected chi connectivity index (χ1v) is 11.7. The van der Waals surface area contributed by atoms with Crippen molar-refractivity contribution in [2.75, 3.05) is 32.8 Å². The fraction of sp³-hybridized carbons (Fsp3) is 0.259. The number of amides is 1. The Morgan fingerprint density at radius 1 is 0.879 bits per heavy atom. The Morgan fingerprint density at radius 2 is 1.42 bits per heavy atom. The molecular formula is C27H29N3O2S. The first-order chi connectivity index (χ1) is 16.2. The summed E-state index contributed by atoms with van der Waals surface area (Å²) in [4.78, 5) is 17.2. The first-order valence-electron chi connectivity index (χ1n) is 11.3. The minimum atomic E-state index is -0.197. The van der Waals surface area contributed by atoms with E-state index in [0.717, 1.165) is 31.9 Å². The van der Waals surface area contributed by atoms with Crippen LogP contribution in [0.1, 0.15) is 34.5 Å². The first kappa shape index (κ1) is 23.0. The number of hydrogen-bond acceptors (Lipinski definition) is 4. The van der Waals surface area contributed by atoms with Crippen molar-refractivity contribution in [3.05, 3.63) is 102 Å². The second-order valence-electron chi connectivity index (χ2n) is 7.96. The quantitative estimate of drug-likeness (QED) is 0.550.